The fraction of sp³-hybridized carbons (Fsp3) is 0.455. The second-order valence-corrected chi connectivity index (χ2v) is 11.4. The molecule has 0 amide bonds. The summed E-state index contributed by atoms with van der Waals surface area (Å²) < 4.78 is 12.0. The molecular formula is C33H40N2O3. The van der Waals surface area contributed by atoms with E-state index >= 15 is 0 Å². The molecule has 5 nitrogen and oxygen atoms in total. The lowest BCUT2D eigenvalue weighted by Crippen LogP contribution is -2.55. The highest BCUT2D eigenvalue weighted by Crippen LogP contribution is 2.44. The number of benzene rings is 2. The van der Waals surface area contributed by atoms with Gasteiger partial charge in [0.25, 0.3) is 0 Å². The topological polar surface area (TPSA) is 51.7 Å². The Bertz CT molecular complexity index is 1290. The molecule has 0 saturated carbocycles. The van der Waals surface area contributed by atoms with Crippen molar-refractivity contribution in [2.75, 3.05) is 20.2 Å². The molecule has 3 fully saturated rings. The summed E-state index contributed by atoms with van der Waals surface area (Å²) in [6, 6.07) is 16.5. The number of hydrogen-bond donors (Lipinski definition) is 0. The number of nitrogens with zero attached hydrogens (tertiary/aromatic N) is 2. The van der Waals surface area contributed by atoms with Gasteiger partial charge in [-0.05, 0) is 85.9 Å². The lowest BCUT2D eigenvalue weighted by Gasteiger charge is -2.51. The third-order valence-electron chi connectivity index (χ3n) is 8.51. The monoisotopic (exact) mass is 512 g/mol. The normalized spacial score (nSPS) is 24.2. The maximum atomic E-state index is 13.7. The second kappa shape index (κ2) is 11.3. The van der Waals surface area contributed by atoms with E-state index in [1.165, 1.54) is 5.56 Å². The summed E-state index contributed by atoms with van der Waals surface area (Å²) in [6.45, 7) is 12.5. The molecule has 0 N–H and O–H groups in total. The van der Waals surface area contributed by atoms with Crippen molar-refractivity contribution in [1.29, 1.82) is 0 Å². The van der Waals surface area contributed by atoms with Crippen LogP contribution in [0.5, 0.6) is 5.75 Å². The van der Waals surface area contributed by atoms with Crippen LogP contribution in [0.3, 0.4) is 0 Å². The number of carbonyl (C=O) groups is 1. The first-order valence-corrected chi connectivity index (χ1v) is 14.0. The molecule has 38 heavy (non-hydrogen) atoms. The molecule has 1 unspecified atom stereocenters. The van der Waals surface area contributed by atoms with Gasteiger partial charge in [-0.25, -0.2) is 0 Å². The maximum absolute atomic E-state index is 13.7. The third kappa shape index (κ3) is 5.35. The van der Waals surface area contributed by atoms with Crippen molar-refractivity contribution < 1.29 is 14.3 Å². The van der Waals surface area contributed by atoms with Gasteiger partial charge in [-0.3, -0.25) is 14.7 Å². The Morgan fingerprint density at radius 2 is 1.95 bits per heavy atom. The number of hydrogen-bond acceptors (Lipinski definition) is 5. The molecule has 0 spiro atoms. The second-order valence-electron chi connectivity index (χ2n) is 11.4. The van der Waals surface area contributed by atoms with Gasteiger partial charge in [0, 0.05) is 23.7 Å². The van der Waals surface area contributed by atoms with Crippen LogP contribution in [0.25, 0.3) is 10.9 Å². The van der Waals surface area contributed by atoms with Crippen LogP contribution in [0.15, 0.2) is 67.4 Å². The smallest absolute Gasteiger partial charge is 0.313 e. The van der Waals surface area contributed by atoms with Crippen molar-refractivity contribution in [3.63, 3.8) is 0 Å². The van der Waals surface area contributed by atoms with Gasteiger partial charge in [-0.2, -0.15) is 0 Å². The maximum Gasteiger partial charge on any atom is 0.313 e. The van der Waals surface area contributed by atoms with Crippen LogP contribution in [-0.2, 0) is 16.0 Å². The standard InChI is InChI=1S/C33H40N2O3/c1-6-24-20-35-16-14-26(24)18-31(35)32(28-13-15-34-30-12-11-27(37-5)19-29(28)30)38-33(36)22(4)25-9-7-23(8-10-25)17-21(2)3/h6-13,15,19,21-22,24,26,31-32H,1,14,16-18,20H2,2-5H3/t22-,24+,26+,31-,32+/m1/s1. The van der Waals surface area contributed by atoms with E-state index in [4.69, 9.17) is 9.47 Å². The zero-order valence-corrected chi connectivity index (χ0v) is 23.1. The van der Waals surface area contributed by atoms with Crippen LogP contribution in [0, 0.1) is 17.8 Å². The lowest BCUT2D eigenvalue weighted by molar-refractivity contribution is -0.158. The summed E-state index contributed by atoms with van der Waals surface area (Å²) in [5.74, 6) is 1.88. The molecule has 6 rings (SSSR count). The van der Waals surface area contributed by atoms with Crippen LogP contribution in [0.1, 0.15) is 62.3 Å². The van der Waals surface area contributed by atoms with E-state index in [2.05, 4.69) is 60.7 Å². The van der Waals surface area contributed by atoms with Gasteiger partial charge >= 0.3 is 5.97 Å². The number of ether oxygens (including phenoxy) is 2. The van der Waals surface area contributed by atoms with E-state index in [0.717, 1.165) is 60.1 Å². The average molecular weight is 513 g/mol. The first-order valence-electron chi connectivity index (χ1n) is 14.0. The number of esters is 1. The molecule has 0 radical (unpaired) electrons. The number of rotatable bonds is 9. The summed E-state index contributed by atoms with van der Waals surface area (Å²) in [5.41, 5.74) is 4.15. The molecular weight excluding hydrogens is 472 g/mol. The Morgan fingerprint density at radius 3 is 2.61 bits per heavy atom. The van der Waals surface area contributed by atoms with Crippen molar-refractivity contribution in [2.24, 2.45) is 17.8 Å². The van der Waals surface area contributed by atoms with E-state index in [1.807, 2.05) is 37.4 Å². The molecule has 5 heteroatoms. The largest absolute Gasteiger partial charge is 0.497 e. The predicted molar refractivity (Wildman–Crippen MR) is 152 cm³/mol. The Labute approximate surface area is 226 Å². The van der Waals surface area contributed by atoms with Gasteiger partial charge in [0.2, 0.25) is 0 Å². The lowest BCUT2D eigenvalue weighted by atomic mass is 9.73. The van der Waals surface area contributed by atoms with Crippen LogP contribution < -0.4 is 4.74 Å². The SMILES string of the molecule is C=C[C@H]1CN2CC[C@H]1C[C@@H]2[C@@H](OC(=O)[C@H](C)c1ccc(CC(C)C)cc1)c1ccnc2ccc(OC)cc12. The first kappa shape index (κ1) is 26.4. The average Bonchev–Trinajstić information content (AvgIpc) is 2.95. The molecule has 6 atom stereocenters. The number of methoxy groups -OCH3 is 1. The van der Waals surface area contributed by atoms with Gasteiger partial charge in [-0.15, -0.1) is 6.58 Å². The summed E-state index contributed by atoms with van der Waals surface area (Å²) in [6.07, 6.45) is 6.72. The Kier molecular flexibility index (Phi) is 7.85. The molecule has 2 aromatic carbocycles. The highest BCUT2D eigenvalue weighted by molar-refractivity contribution is 5.85. The zero-order valence-electron chi connectivity index (χ0n) is 23.1. The zero-order chi connectivity index (χ0) is 26.8. The molecule has 3 aromatic rings. The van der Waals surface area contributed by atoms with Gasteiger partial charge in [0.1, 0.15) is 11.9 Å². The van der Waals surface area contributed by atoms with Crippen LogP contribution in [0.2, 0.25) is 0 Å². The Balaban J connectivity index is 1.47. The van der Waals surface area contributed by atoms with Gasteiger partial charge in [0.15, 0.2) is 0 Å². The van der Waals surface area contributed by atoms with Crippen LogP contribution >= 0.6 is 0 Å². The Morgan fingerprint density at radius 1 is 1.16 bits per heavy atom. The van der Waals surface area contributed by atoms with Gasteiger partial charge in [0.05, 0.1) is 24.6 Å². The molecule has 1 aromatic heterocycles. The molecule has 200 valence electrons. The minimum atomic E-state index is -0.392. The van der Waals surface area contributed by atoms with E-state index in [9.17, 15) is 4.79 Å². The van der Waals surface area contributed by atoms with E-state index in [-0.39, 0.29) is 17.9 Å². The van der Waals surface area contributed by atoms with Gasteiger partial charge in [-0.1, -0.05) is 44.2 Å². The van der Waals surface area contributed by atoms with E-state index < -0.39 is 6.10 Å². The molecule has 3 saturated heterocycles. The fourth-order valence-electron chi connectivity index (χ4n) is 6.34. The Hall–Kier alpha value is -3.18. The van der Waals surface area contributed by atoms with Crippen molar-refractivity contribution >= 4 is 16.9 Å². The fourth-order valence-corrected chi connectivity index (χ4v) is 6.34. The number of carbonyl (C=O) groups excluding carboxylic acids is 1. The molecule has 3 aliphatic rings. The minimum absolute atomic E-state index is 0.117. The van der Waals surface area contributed by atoms with Crippen molar-refractivity contribution in [2.45, 2.75) is 58.1 Å². The minimum Gasteiger partial charge on any atom is -0.497 e. The molecule has 2 bridgehead atoms. The predicted octanol–water partition coefficient (Wildman–Crippen LogP) is 6.73. The van der Waals surface area contributed by atoms with Crippen molar-refractivity contribution in [1.82, 2.24) is 9.88 Å². The molecule has 3 aliphatic heterocycles. The first-order chi connectivity index (χ1) is 18.4. The molecule has 4 heterocycles. The highest BCUT2D eigenvalue weighted by Gasteiger charge is 2.44. The highest BCUT2D eigenvalue weighted by atomic mass is 16.5. The number of fused-ring (bicyclic) bond motifs is 4. The van der Waals surface area contributed by atoms with Gasteiger partial charge < -0.3 is 9.47 Å². The van der Waals surface area contributed by atoms with Crippen molar-refractivity contribution in [3.05, 3.63) is 84.1 Å². The number of piperidine rings is 3. The quantitative estimate of drug-likeness (QED) is 0.235. The summed E-state index contributed by atoms with van der Waals surface area (Å²) >= 11 is 0. The third-order valence-corrected chi connectivity index (χ3v) is 8.51. The summed E-state index contributed by atoms with van der Waals surface area (Å²) in [4.78, 5) is 20.8. The van der Waals surface area contributed by atoms with E-state index in [0.29, 0.717) is 17.8 Å². The van der Waals surface area contributed by atoms with E-state index in [1.54, 1.807) is 7.11 Å². The van der Waals surface area contributed by atoms with Crippen LogP contribution in [-0.4, -0.2) is 42.1 Å². The molecule has 0 aliphatic carbocycles. The summed E-state index contributed by atoms with van der Waals surface area (Å²) in [7, 11) is 1.67. The summed E-state index contributed by atoms with van der Waals surface area (Å²) in [5, 5.41) is 0.971. The number of pyridine rings is 1. The van der Waals surface area contributed by atoms with Crippen LogP contribution in [0.4, 0.5) is 0 Å². The number of aromatic nitrogens is 1. The van der Waals surface area contributed by atoms with Crippen molar-refractivity contribution in [3.8, 4) is 5.75 Å².